The molecule has 0 saturated heterocycles. The standard InChI is InChI=1S/C20H14BrFN2O/c21-14-7-11-16(12-8-14)24-19(13-5-9-15(22)10-6-13)23-18-4-2-1-3-17(18)20(24)25/h1-12,19,23H. The second-order valence-electron chi connectivity index (χ2n) is 5.80. The van der Waals surface area contributed by atoms with Gasteiger partial charge < -0.3 is 5.32 Å². The Hall–Kier alpha value is -2.66. The van der Waals surface area contributed by atoms with Crippen molar-refractivity contribution in [2.75, 3.05) is 10.2 Å². The number of hydrogen-bond donors (Lipinski definition) is 1. The summed E-state index contributed by atoms with van der Waals surface area (Å²) >= 11 is 3.42. The molecule has 0 fully saturated rings. The van der Waals surface area contributed by atoms with Crippen molar-refractivity contribution in [3.8, 4) is 0 Å². The van der Waals surface area contributed by atoms with Crippen molar-refractivity contribution >= 4 is 33.2 Å². The van der Waals surface area contributed by atoms with Crippen molar-refractivity contribution in [1.82, 2.24) is 0 Å². The van der Waals surface area contributed by atoms with Crippen molar-refractivity contribution in [2.45, 2.75) is 6.17 Å². The molecule has 1 heterocycles. The third kappa shape index (κ3) is 2.91. The van der Waals surface area contributed by atoms with Crippen molar-refractivity contribution in [1.29, 1.82) is 0 Å². The lowest BCUT2D eigenvalue weighted by Gasteiger charge is -2.38. The Bertz CT molecular complexity index is 925. The molecule has 1 atom stereocenters. The second kappa shape index (κ2) is 6.33. The van der Waals surface area contributed by atoms with Gasteiger partial charge >= 0.3 is 0 Å². The van der Waals surface area contributed by atoms with E-state index in [0.29, 0.717) is 5.56 Å². The molecule has 3 aromatic carbocycles. The van der Waals surface area contributed by atoms with Crippen LogP contribution in [0.4, 0.5) is 15.8 Å². The molecule has 5 heteroatoms. The number of para-hydroxylation sites is 1. The van der Waals surface area contributed by atoms with Gasteiger partial charge in [-0.25, -0.2) is 4.39 Å². The van der Waals surface area contributed by atoms with Crippen molar-refractivity contribution in [2.24, 2.45) is 0 Å². The number of hydrogen-bond acceptors (Lipinski definition) is 2. The molecule has 0 radical (unpaired) electrons. The van der Waals surface area contributed by atoms with E-state index < -0.39 is 6.17 Å². The van der Waals surface area contributed by atoms with Crippen molar-refractivity contribution < 1.29 is 9.18 Å². The highest BCUT2D eigenvalue weighted by Crippen LogP contribution is 2.36. The zero-order valence-electron chi connectivity index (χ0n) is 13.1. The van der Waals surface area contributed by atoms with E-state index in [0.717, 1.165) is 21.4 Å². The first-order valence-corrected chi connectivity index (χ1v) is 8.63. The van der Waals surface area contributed by atoms with Gasteiger partial charge in [-0.15, -0.1) is 0 Å². The smallest absolute Gasteiger partial charge is 0.262 e. The Morgan fingerprint density at radius 1 is 0.920 bits per heavy atom. The van der Waals surface area contributed by atoms with E-state index >= 15 is 0 Å². The molecule has 0 aromatic heterocycles. The van der Waals surface area contributed by atoms with Crippen LogP contribution in [0.1, 0.15) is 22.1 Å². The van der Waals surface area contributed by atoms with Crippen LogP contribution in [0, 0.1) is 5.82 Å². The lowest BCUT2D eigenvalue weighted by atomic mass is 10.0. The molecular weight excluding hydrogens is 383 g/mol. The molecule has 1 aliphatic rings. The molecule has 25 heavy (non-hydrogen) atoms. The summed E-state index contributed by atoms with van der Waals surface area (Å²) in [5.41, 5.74) is 2.97. The molecule has 0 aliphatic carbocycles. The number of nitrogens with zero attached hydrogens (tertiary/aromatic N) is 1. The maximum atomic E-state index is 13.3. The normalized spacial score (nSPS) is 16.3. The molecule has 4 rings (SSSR count). The first-order valence-electron chi connectivity index (χ1n) is 7.83. The van der Waals surface area contributed by atoms with Gasteiger partial charge in [-0.1, -0.05) is 40.2 Å². The number of carbonyl (C=O) groups excluding carboxylic acids is 1. The van der Waals surface area contributed by atoms with E-state index in [1.165, 1.54) is 12.1 Å². The minimum atomic E-state index is -0.413. The van der Waals surface area contributed by atoms with Crippen LogP contribution in [0.5, 0.6) is 0 Å². The van der Waals surface area contributed by atoms with Crippen LogP contribution in [0.2, 0.25) is 0 Å². The number of carbonyl (C=O) groups is 1. The van der Waals surface area contributed by atoms with Crippen LogP contribution in [0.25, 0.3) is 0 Å². The molecular formula is C20H14BrFN2O. The van der Waals surface area contributed by atoms with Gasteiger partial charge in [-0.05, 0) is 54.1 Å². The summed E-state index contributed by atoms with van der Waals surface area (Å²) < 4.78 is 14.3. The fourth-order valence-corrected chi connectivity index (χ4v) is 3.26. The number of benzene rings is 3. The first kappa shape index (κ1) is 15.8. The summed E-state index contributed by atoms with van der Waals surface area (Å²) in [5, 5.41) is 3.40. The Morgan fingerprint density at radius 2 is 1.60 bits per heavy atom. The van der Waals surface area contributed by atoms with Crippen molar-refractivity contribution in [3.63, 3.8) is 0 Å². The minimum absolute atomic E-state index is 0.0917. The summed E-state index contributed by atoms with van der Waals surface area (Å²) in [6, 6.07) is 21.2. The van der Waals surface area contributed by atoms with Gasteiger partial charge in [0.15, 0.2) is 0 Å². The first-order chi connectivity index (χ1) is 12.1. The third-order valence-electron chi connectivity index (χ3n) is 4.22. The van der Waals surface area contributed by atoms with E-state index in [4.69, 9.17) is 0 Å². The third-order valence-corrected chi connectivity index (χ3v) is 4.75. The topological polar surface area (TPSA) is 32.3 Å². The Labute approximate surface area is 153 Å². The average molecular weight is 397 g/mol. The predicted octanol–water partition coefficient (Wildman–Crippen LogP) is 5.36. The Balaban J connectivity index is 1.85. The van der Waals surface area contributed by atoms with Crippen LogP contribution in [0.15, 0.2) is 77.3 Å². The molecule has 1 aliphatic heterocycles. The van der Waals surface area contributed by atoms with Gasteiger partial charge in [0.1, 0.15) is 12.0 Å². The van der Waals surface area contributed by atoms with Crippen molar-refractivity contribution in [3.05, 3.63) is 94.2 Å². The highest BCUT2D eigenvalue weighted by Gasteiger charge is 2.33. The second-order valence-corrected chi connectivity index (χ2v) is 6.71. The molecule has 124 valence electrons. The van der Waals surface area contributed by atoms with Crippen LogP contribution >= 0.6 is 15.9 Å². The van der Waals surface area contributed by atoms with Gasteiger partial charge in [-0.2, -0.15) is 0 Å². The molecule has 0 spiro atoms. The lowest BCUT2D eigenvalue weighted by Crippen LogP contribution is -2.43. The molecule has 3 nitrogen and oxygen atoms in total. The number of anilines is 2. The van der Waals surface area contributed by atoms with Crippen LogP contribution in [-0.4, -0.2) is 5.91 Å². The average Bonchev–Trinajstić information content (AvgIpc) is 2.63. The van der Waals surface area contributed by atoms with Crippen LogP contribution in [0.3, 0.4) is 0 Å². The van der Waals surface area contributed by atoms with E-state index in [1.54, 1.807) is 23.1 Å². The van der Waals surface area contributed by atoms with Gasteiger partial charge in [-0.3, -0.25) is 9.69 Å². The highest BCUT2D eigenvalue weighted by atomic mass is 79.9. The van der Waals surface area contributed by atoms with Gasteiger partial charge in [0.2, 0.25) is 0 Å². The number of rotatable bonds is 2. The van der Waals surface area contributed by atoms with Crippen LogP contribution < -0.4 is 10.2 Å². The molecule has 0 bridgehead atoms. The van der Waals surface area contributed by atoms with Gasteiger partial charge in [0.25, 0.3) is 5.91 Å². The quantitative estimate of drug-likeness (QED) is 0.632. The molecule has 0 saturated carbocycles. The maximum Gasteiger partial charge on any atom is 0.262 e. The largest absolute Gasteiger partial charge is 0.360 e. The highest BCUT2D eigenvalue weighted by molar-refractivity contribution is 9.10. The minimum Gasteiger partial charge on any atom is -0.360 e. The van der Waals surface area contributed by atoms with E-state index in [-0.39, 0.29) is 11.7 Å². The monoisotopic (exact) mass is 396 g/mol. The van der Waals surface area contributed by atoms with Gasteiger partial charge in [0, 0.05) is 15.8 Å². The summed E-state index contributed by atoms with van der Waals surface area (Å²) in [6.45, 7) is 0. The summed E-state index contributed by atoms with van der Waals surface area (Å²) in [5.74, 6) is -0.396. The maximum absolute atomic E-state index is 13.3. The lowest BCUT2D eigenvalue weighted by molar-refractivity contribution is 0.0975. The van der Waals surface area contributed by atoms with Crippen LogP contribution in [-0.2, 0) is 0 Å². The predicted molar refractivity (Wildman–Crippen MR) is 100 cm³/mol. The zero-order valence-corrected chi connectivity index (χ0v) is 14.7. The summed E-state index contributed by atoms with van der Waals surface area (Å²) in [4.78, 5) is 14.8. The number of amides is 1. The van der Waals surface area contributed by atoms with E-state index in [9.17, 15) is 9.18 Å². The molecule has 1 unspecified atom stereocenters. The Kier molecular flexibility index (Phi) is 4.01. The molecule has 3 aromatic rings. The summed E-state index contributed by atoms with van der Waals surface area (Å²) in [7, 11) is 0. The SMILES string of the molecule is O=C1c2ccccc2NC(c2ccc(F)cc2)N1c1ccc(Br)cc1. The fraction of sp³-hybridized carbons (Fsp3) is 0.0500. The Morgan fingerprint density at radius 3 is 2.32 bits per heavy atom. The number of halogens is 2. The zero-order chi connectivity index (χ0) is 17.4. The van der Waals surface area contributed by atoms with E-state index in [2.05, 4.69) is 21.2 Å². The number of fused-ring (bicyclic) bond motifs is 1. The fourth-order valence-electron chi connectivity index (χ4n) is 3.00. The molecule has 1 amide bonds. The number of nitrogens with one attached hydrogen (secondary N) is 1. The summed E-state index contributed by atoms with van der Waals surface area (Å²) in [6.07, 6.45) is -0.413. The molecule has 1 N–H and O–H groups in total. The van der Waals surface area contributed by atoms with Gasteiger partial charge in [0.05, 0.1) is 5.56 Å². The van der Waals surface area contributed by atoms with E-state index in [1.807, 2.05) is 42.5 Å².